The number of carboxylic acid groups (broad SMARTS) is 1. The Kier molecular flexibility index (Phi) is 3.97. The standard InChI is InChI=1S/C15H18N2O4/c1-8(2)9(3)7-17-12-5-4-10(15(20)21)6-11(12)16-13(18)14(17)19/h4-6,8-9H,7H2,1-3H3,(H,16,18)(H,20,21). The van der Waals surface area contributed by atoms with Crippen molar-refractivity contribution in [1.82, 2.24) is 9.55 Å². The Hall–Kier alpha value is -2.37. The highest BCUT2D eigenvalue weighted by atomic mass is 16.4. The van der Waals surface area contributed by atoms with Crippen molar-refractivity contribution in [2.24, 2.45) is 11.8 Å². The fourth-order valence-electron chi connectivity index (χ4n) is 2.09. The van der Waals surface area contributed by atoms with Gasteiger partial charge in [0.05, 0.1) is 16.6 Å². The number of fused-ring (bicyclic) bond motifs is 1. The number of carboxylic acids is 1. The minimum absolute atomic E-state index is 0.0697. The maximum absolute atomic E-state index is 12.1. The minimum Gasteiger partial charge on any atom is -0.478 e. The normalized spacial score (nSPS) is 12.8. The van der Waals surface area contributed by atoms with Gasteiger partial charge in [-0.25, -0.2) is 4.79 Å². The summed E-state index contributed by atoms with van der Waals surface area (Å²) in [7, 11) is 0. The number of carbonyl (C=O) groups is 1. The van der Waals surface area contributed by atoms with Crippen molar-refractivity contribution in [2.45, 2.75) is 27.3 Å². The minimum atomic E-state index is -1.08. The summed E-state index contributed by atoms with van der Waals surface area (Å²) in [6.45, 7) is 6.53. The van der Waals surface area contributed by atoms with Crippen molar-refractivity contribution in [3.05, 3.63) is 44.5 Å². The number of H-pyrrole nitrogens is 1. The number of hydrogen-bond acceptors (Lipinski definition) is 3. The zero-order chi connectivity index (χ0) is 15.7. The molecule has 0 radical (unpaired) electrons. The topological polar surface area (TPSA) is 92.2 Å². The van der Waals surface area contributed by atoms with E-state index in [4.69, 9.17) is 5.11 Å². The molecule has 2 N–H and O–H groups in total. The molecule has 1 unspecified atom stereocenters. The van der Waals surface area contributed by atoms with Crippen molar-refractivity contribution < 1.29 is 9.90 Å². The van der Waals surface area contributed by atoms with E-state index >= 15 is 0 Å². The van der Waals surface area contributed by atoms with E-state index in [2.05, 4.69) is 4.98 Å². The van der Waals surface area contributed by atoms with Gasteiger partial charge in [0, 0.05) is 6.54 Å². The lowest BCUT2D eigenvalue weighted by atomic mass is 9.98. The van der Waals surface area contributed by atoms with Crippen LogP contribution in [0.3, 0.4) is 0 Å². The fraction of sp³-hybridized carbons (Fsp3) is 0.400. The molecule has 112 valence electrons. The van der Waals surface area contributed by atoms with Gasteiger partial charge in [0.1, 0.15) is 0 Å². The number of hydrogen-bond donors (Lipinski definition) is 2. The summed E-state index contributed by atoms with van der Waals surface area (Å²) >= 11 is 0. The van der Waals surface area contributed by atoms with E-state index < -0.39 is 17.1 Å². The molecule has 21 heavy (non-hydrogen) atoms. The van der Waals surface area contributed by atoms with Crippen LogP contribution >= 0.6 is 0 Å². The van der Waals surface area contributed by atoms with Gasteiger partial charge in [-0.2, -0.15) is 0 Å². The van der Waals surface area contributed by atoms with Gasteiger partial charge in [0.25, 0.3) is 0 Å². The van der Waals surface area contributed by atoms with Crippen LogP contribution in [0.2, 0.25) is 0 Å². The van der Waals surface area contributed by atoms with Crippen LogP contribution in [-0.2, 0) is 6.54 Å². The molecule has 1 aromatic heterocycles. The Balaban J connectivity index is 2.68. The number of aromatic nitrogens is 2. The largest absolute Gasteiger partial charge is 0.478 e. The zero-order valence-corrected chi connectivity index (χ0v) is 12.2. The van der Waals surface area contributed by atoms with Gasteiger partial charge in [0.2, 0.25) is 0 Å². The average Bonchev–Trinajstić information content (AvgIpc) is 2.42. The van der Waals surface area contributed by atoms with Gasteiger partial charge in [0.15, 0.2) is 0 Å². The van der Waals surface area contributed by atoms with Gasteiger partial charge in [-0.3, -0.25) is 9.59 Å². The van der Waals surface area contributed by atoms with Crippen molar-refractivity contribution in [3.63, 3.8) is 0 Å². The average molecular weight is 290 g/mol. The highest BCUT2D eigenvalue weighted by Gasteiger charge is 2.14. The summed E-state index contributed by atoms with van der Waals surface area (Å²) in [6, 6.07) is 4.36. The highest BCUT2D eigenvalue weighted by Crippen LogP contribution is 2.16. The van der Waals surface area contributed by atoms with E-state index in [9.17, 15) is 14.4 Å². The third kappa shape index (κ3) is 2.89. The fourth-order valence-corrected chi connectivity index (χ4v) is 2.09. The van der Waals surface area contributed by atoms with Crippen molar-refractivity contribution in [3.8, 4) is 0 Å². The van der Waals surface area contributed by atoms with Crippen molar-refractivity contribution in [1.29, 1.82) is 0 Å². The van der Waals surface area contributed by atoms with E-state index in [1.165, 1.54) is 16.7 Å². The molecule has 0 aliphatic heterocycles. The molecule has 0 aliphatic rings. The molecular formula is C15H18N2O4. The lowest BCUT2D eigenvalue weighted by molar-refractivity contribution is 0.0697. The number of nitrogens with one attached hydrogen (secondary N) is 1. The molecule has 1 aromatic carbocycles. The molecule has 0 spiro atoms. The van der Waals surface area contributed by atoms with E-state index in [0.717, 1.165) is 0 Å². The van der Waals surface area contributed by atoms with Crippen LogP contribution in [0, 0.1) is 11.8 Å². The molecule has 1 heterocycles. The number of nitrogens with zero attached hydrogens (tertiary/aromatic N) is 1. The lowest BCUT2D eigenvalue weighted by Crippen LogP contribution is -2.38. The van der Waals surface area contributed by atoms with Gasteiger partial charge in [-0.15, -0.1) is 0 Å². The quantitative estimate of drug-likeness (QED) is 0.838. The molecule has 0 saturated heterocycles. The zero-order valence-electron chi connectivity index (χ0n) is 12.2. The Morgan fingerprint density at radius 2 is 1.95 bits per heavy atom. The molecule has 2 aromatic rings. The summed E-state index contributed by atoms with van der Waals surface area (Å²) in [5, 5.41) is 9.00. The number of aromatic amines is 1. The smallest absolute Gasteiger partial charge is 0.335 e. The maximum Gasteiger partial charge on any atom is 0.335 e. The number of benzene rings is 1. The molecule has 0 amide bonds. The molecule has 0 bridgehead atoms. The highest BCUT2D eigenvalue weighted by molar-refractivity contribution is 5.92. The van der Waals surface area contributed by atoms with E-state index in [-0.39, 0.29) is 11.5 Å². The second-order valence-corrected chi connectivity index (χ2v) is 5.63. The van der Waals surface area contributed by atoms with Crippen LogP contribution in [0.5, 0.6) is 0 Å². The summed E-state index contributed by atoms with van der Waals surface area (Å²) in [5.74, 6) is -0.498. The molecule has 0 saturated carbocycles. The van der Waals surface area contributed by atoms with Gasteiger partial charge in [-0.05, 0) is 30.0 Å². The third-order valence-corrected chi connectivity index (χ3v) is 3.83. The molecule has 6 nitrogen and oxygen atoms in total. The van der Waals surface area contributed by atoms with E-state index in [1.807, 2.05) is 20.8 Å². The maximum atomic E-state index is 12.1. The molecule has 2 rings (SSSR count). The predicted molar refractivity (Wildman–Crippen MR) is 79.8 cm³/mol. The van der Waals surface area contributed by atoms with Crippen LogP contribution in [0.1, 0.15) is 31.1 Å². The van der Waals surface area contributed by atoms with Crippen LogP contribution < -0.4 is 11.1 Å². The SMILES string of the molecule is CC(C)C(C)Cn1c(=O)c(=O)[nH]c2cc(C(=O)O)ccc21. The second kappa shape index (κ2) is 5.55. The first-order valence-corrected chi connectivity index (χ1v) is 6.81. The van der Waals surface area contributed by atoms with E-state index in [0.29, 0.717) is 23.5 Å². The first-order chi connectivity index (χ1) is 9.81. The second-order valence-electron chi connectivity index (χ2n) is 5.63. The third-order valence-electron chi connectivity index (χ3n) is 3.83. The Morgan fingerprint density at radius 3 is 2.52 bits per heavy atom. The Morgan fingerprint density at radius 1 is 1.29 bits per heavy atom. The summed E-state index contributed by atoms with van der Waals surface area (Å²) in [5.41, 5.74) is -0.383. The van der Waals surface area contributed by atoms with Gasteiger partial charge in [-0.1, -0.05) is 20.8 Å². The molecule has 6 heteroatoms. The van der Waals surface area contributed by atoms with Crippen LogP contribution in [-0.4, -0.2) is 20.6 Å². The number of aromatic carboxylic acids is 1. The first-order valence-electron chi connectivity index (χ1n) is 6.81. The van der Waals surface area contributed by atoms with E-state index in [1.54, 1.807) is 6.07 Å². The predicted octanol–water partition coefficient (Wildman–Crippen LogP) is 1.68. The van der Waals surface area contributed by atoms with Crippen LogP contribution in [0.15, 0.2) is 27.8 Å². The van der Waals surface area contributed by atoms with Crippen LogP contribution in [0.4, 0.5) is 0 Å². The van der Waals surface area contributed by atoms with Gasteiger partial charge >= 0.3 is 17.1 Å². The first kappa shape index (κ1) is 15.0. The summed E-state index contributed by atoms with van der Waals surface area (Å²) in [6.07, 6.45) is 0. The lowest BCUT2D eigenvalue weighted by Gasteiger charge is -2.18. The summed E-state index contributed by atoms with van der Waals surface area (Å²) < 4.78 is 1.42. The molecule has 1 atom stereocenters. The van der Waals surface area contributed by atoms with Crippen molar-refractivity contribution >= 4 is 17.0 Å². The van der Waals surface area contributed by atoms with Crippen molar-refractivity contribution in [2.75, 3.05) is 0 Å². The molecule has 0 aliphatic carbocycles. The molecule has 0 fully saturated rings. The Bertz CT molecular complexity index is 801. The van der Waals surface area contributed by atoms with Gasteiger partial charge < -0.3 is 14.7 Å². The summed E-state index contributed by atoms with van der Waals surface area (Å²) in [4.78, 5) is 37.2. The van der Waals surface area contributed by atoms with Crippen LogP contribution in [0.25, 0.3) is 11.0 Å². The Labute approximate surface area is 121 Å². The monoisotopic (exact) mass is 290 g/mol. The molecular weight excluding hydrogens is 272 g/mol. The number of rotatable bonds is 4.